The van der Waals surface area contributed by atoms with Gasteiger partial charge in [-0.1, -0.05) is 41.4 Å². The van der Waals surface area contributed by atoms with Gasteiger partial charge in [0.1, 0.15) is 0 Å². The van der Waals surface area contributed by atoms with Gasteiger partial charge in [0, 0.05) is 21.2 Å². The van der Waals surface area contributed by atoms with Crippen LogP contribution in [0.15, 0.2) is 47.4 Å². The average Bonchev–Trinajstić information content (AvgIpc) is 2.47. The molecule has 104 valence electrons. The second-order valence-electron chi connectivity index (χ2n) is 3.99. The minimum Gasteiger partial charge on any atom is -0.290 e. The molecule has 0 atom stereocenters. The molecule has 2 rings (SSSR count). The molecule has 0 aliphatic heterocycles. The predicted molar refractivity (Wildman–Crippen MR) is 84.1 cm³/mol. The van der Waals surface area contributed by atoms with Gasteiger partial charge in [0.25, 0.3) is 5.91 Å². The summed E-state index contributed by atoms with van der Waals surface area (Å²) in [5.74, 6) is 5.47. The summed E-state index contributed by atoms with van der Waals surface area (Å²) >= 11 is 13.6. The van der Waals surface area contributed by atoms with Crippen molar-refractivity contribution in [1.29, 1.82) is 0 Å². The van der Waals surface area contributed by atoms with Crippen LogP contribution in [0.5, 0.6) is 0 Å². The minimum atomic E-state index is -0.307. The van der Waals surface area contributed by atoms with Crippen LogP contribution in [0, 0.1) is 0 Å². The highest BCUT2D eigenvalue weighted by molar-refractivity contribution is 7.98. The average molecular weight is 327 g/mol. The Labute approximate surface area is 131 Å². The van der Waals surface area contributed by atoms with E-state index in [9.17, 15) is 4.79 Å². The molecular weight excluding hydrogens is 315 g/mol. The van der Waals surface area contributed by atoms with Crippen LogP contribution in [0.25, 0.3) is 0 Å². The number of hydrogen-bond donors (Lipinski definition) is 2. The highest BCUT2D eigenvalue weighted by Gasteiger charge is 2.10. The van der Waals surface area contributed by atoms with Crippen LogP contribution in [0.1, 0.15) is 15.9 Å². The summed E-state index contributed by atoms with van der Waals surface area (Å²) < 4.78 is 0. The van der Waals surface area contributed by atoms with Crippen molar-refractivity contribution in [3.8, 4) is 0 Å². The molecule has 0 unspecified atom stereocenters. The van der Waals surface area contributed by atoms with Crippen molar-refractivity contribution < 1.29 is 4.79 Å². The van der Waals surface area contributed by atoms with E-state index in [0.29, 0.717) is 21.4 Å². The fraction of sp³-hybridized carbons (Fsp3) is 0.0714. The van der Waals surface area contributed by atoms with Gasteiger partial charge in [-0.25, -0.2) is 5.84 Å². The third kappa shape index (κ3) is 3.67. The molecule has 20 heavy (non-hydrogen) atoms. The summed E-state index contributed by atoms with van der Waals surface area (Å²) in [6.45, 7) is 0. The summed E-state index contributed by atoms with van der Waals surface area (Å²) in [6, 6.07) is 12.6. The zero-order valence-corrected chi connectivity index (χ0v) is 12.7. The smallest absolute Gasteiger partial charge is 0.265 e. The Morgan fingerprint density at radius 2 is 1.95 bits per heavy atom. The van der Waals surface area contributed by atoms with Gasteiger partial charge in [-0.15, -0.1) is 11.8 Å². The van der Waals surface area contributed by atoms with Gasteiger partial charge in [0.2, 0.25) is 0 Å². The van der Waals surface area contributed by atoms with Crippen molar-refractivity contribution >= 4 is 40.9 Å². The van der Waals surface area contributed by atoms with Crippen LogP contribution >= 0.6 is 35.0 Å². The first-order valence-corrected chi connectivity index (χ1v) is 7.52. The second-order valence-corrected chi connectivity index (χ2v) is 5.85. The number of amides is 1. The molecule has 0 radical (unpaired) electrons. The maximum Gasteiger partial charge on any atom is 0.265 e. The number of nitrogens with two attached hydrogens (primary N) is 1. The summed E-state index contributed by atoms with van der Waals surface area (Å²) in [4.78, 5) is 12.6. The van der Waals surface area contributed by atoms with Gasteiger partial charge < -0.3 is 0 Å². The molecule has 2 aromatic carbocycles. The lowest BCUT2D eigenvalue weighted by atomic mass is 10.1. The monoisotopic (exact) mass is 326 g/mol. The second kappa shape index (κ2) is 6.99. The first-order valence-electron chi connectivity index (χ1n) is 5.78. The van der Waals surface area contributed by atoms with E-state index in [-0.39, 0.29) is 5.91 Å². The molecule has 3 N–H and O–H groups in total. The maximum absolute atomic E-state index is 11.7. The summed E-state index contributed by atoms with van der Waals surface area (Å²) in [7, 11) is 0. The maximum atomic E-state index is 11.7. The van der Waals surface area contributed by atoms with Gasteiger partial charge in [0.15, 0.2) is 0 Å². The number of benzene rings is 2. The van der Waals surface area contributed by atoms with E-state index in [0.717, 1.165) is 10.5 Å². The van der Waals surface area contributed by atoms with E-state index in [1.807, 2.05) is 12.1 Å². The Kier molecular flexibility index (Phi) is 5.31. The van der Waals surface area contributed by atoms with Crippen molar-refractivity contribution in [3.63, 3.8) is 0 Å². The molecule has 0 saturated carbocycles. The lowest BCUT2D eigenvalue weighted by molar-refractivity contribution is 0.0953. The highest BCUT2D eigenvalue weighted by Crippen LogP contribution is 2.32. The largest absolute Gasteiger partial charge is 0.290 e. The Balaban J connectivity index is 2.19. The lowest BCUT2D eigenvalue weighted by Gasteiger charge is -2.09. The molecule has 0 fully saturated rings. The molecule has 2 aromatic rings. The molecule has 0 bridgehead atoms. The van der Waals surface area contributed by atoms with Gasteiger partial charge in [-0.2, -0.15) is 0 Å². The van der Waals surface area contributed by atoms with Gasteiger partial charge in [-0.05, 0) is 29.8 Å². The number of halogens is 2. The van der Waals surface area contributed by atoms with Gasteiger partial charge >= 0.3 is 0 Å². The first kappa shape index (κ1) is 15.2. The van der Waals surface area contributed by atoms with E-state index in [4.69, 9.17) is 29.0 Å². The van der Waals surface area contributed by atoms with Gasteiger partial charge in [-0.3, -0.25) is 10.2 Å². The zero-order chi connectivity index (χ0) is 14.5. The molecule has 0 saturated heterocycles. The van der Waals surface area contributed by atoms with E-state index in [1.165, 1.54) is 11.8 Å². The Morgan fingerprint density at radius 3 is 2.70 bits per heavy atom. The fourth-order valence-electron chi connectivity index (χ4n) is 1.69. The van der Waals surface area contributed by atoms with Crippen molar-refractivity contribution in [1.82, 2.24) is 5.43 Å². The SMILES string of the molecule is NNC(=O)c1ccccc1CSc1cc(Cl)ccc1Cl. The number of rotatable bonds is 4. The number of hydrazine groups is 1. The van der Waals surface area contributed by atoms with E-state index in [1.54, 1.807) is 30.3 Å². The minimum absolute atomic E-state index is 0.307. The number of nitrogen functional groups attached to an aromatic ring is 1. The molecule has 0 heterocycles. The highest BCUT2D eigenvalue weighted by atomic mass is 35.5. The van der Waals surface area contributed by atoms with E-state index >= 15 is 0 Å². The fourth-order valence-corrected chi connectivity index (χ4v) is 3.19. The third-order valence-electron chi connectivity index (χ3n) is 2.67. The summed E-state index contributed by atoms with van der Waals surface area (Å²) in [5, 5.41) is 1.27. The molecule has 3 nitrogen and oxygen atoms in total. The normalized spacial score (nSPS) is 10.3. The van der Waals surface area contributed by atoms with Crippen LogP contribution in [-0.2, 0) is 5.75 Å². The number of carbonyl (C=O) groups is 1. The standard InChI is InChI=1S/C14H12Cl2N2OS/c15-10-5-6-12(16)13(7-10)20-8-9-3-1-2-4-11(9)14(19)18-17/h1-7H,8,17H2,(H,18,19). The topological polar surface area (TPSA) is 55.1 Å². The number of nitrogens with one attached hydrogen (secondary N) is 1. The third-order valence-corrected chi connectivity index (χ3v) is 4.45. The van der Waals surface area contributed by atoms with Crippen molar-refractivity contribution in [2.45, 2.75) is 10.6 Å². The van der Waals surface area contributed by atoms with E-state index in [2.05, 4.69) is 5.43 Å². The molecule has 0 aliphatic carbocycles. The first-order chi connectivity index (χ1) is 9.61. The summed E-state index contributed by atoms with van der Waals surface area (Å²) in [6.07, 6.45) is 0. The predicted octanol–water partition coefficient (Wildman–Crippen LogP) is 3.89. The number of carbonyl (C=O) groups excluding carboxylic acids is 1. The van der Waals surface area contributed by atoms with Crippen molar-refractivity contribution in [3.05, 3.63) is 63.6 Å². The lowest BCUT2D eigenvalue weighted by Crippen LogP contribution is -2.30. The molecular formula is C14H12Cl2N2OS. The zero-order valence-electron chi connectivity index (χ0n) is 10.4. The quantitative estimate of drug-likeness (QED) is 0.388. The Morgan fingerprint density at radius 1 is 1.20 bits per heavy atom. The van der Waals surface area contributed by atoms with Crippen LogP contribution in [-0.4, -0.2) is 5.91 Å². The van der Waals surface area contributed by atoms with Crippen LogP contribution < -0.4 is 11.3 Å². The number of thioether (sulfide) groups is 1. The number of hydrogen-bond acceptors (Lipinski definition) is 3. The Bertz CT molecular complexity index is 634. The molecule has 0 aromatic heterocycles. The van der Waals surface area contributed by atoms with E-state index < -0.39 is 0 Å². The van der Waals surface area contributed by atoms with Crippen LogP contribution in [0.2, 0.25) is 10.0 Å². The summed E-state index contributed by atoms with van der Waals surface area (Å²) in [5.41, 5.74) is 3.59. The molecule has 0 spiro atoms. The van der Waals surface area contributed by atoms with Crippen LogP contribution in [0.3, 0.4) is 0 Å². The van der Waals surface area contributed by atoms with Crippen LogP contribution in [0.4, 0.5) is 0 Å². The Hall–Kier alpha value is -1.20. The van der Waals surface area contributed by atoms with Gasteiger partial charge in [0.05, 0.1) is 5.02 Å². The van der Waals surface area contributed by atoms with Crippen molar-refractivity contribution in [2.75, 3.05) is 0 Å². The molecule has 6 heteroatoms. The molecule has 1 amide bonds. The molecule has 0 aliphatic rings. The van der Waals surface area contributed by atoms with Crippen molar-refractivity contribution in [2.24, 2.45) is 5.84 Å².